The highest BCUT2D eigenvalue weighted by Crippen LogP contribution is 2.47. The molecular formula is C34H54F2O3. The first-order valence-corrected chi connectivity index (χ1v) is 16.1. The molecule has 3 saturated carbocycles. The van der Waals surface area contributed by atoms with E-state index in [1.807, 2.05) is 0 Å². The van der Waals surface area contributed by atoms with Crippen molar-refractivity contribution in [2.45, 2.75) is 116 Å². The van der Waals surface area contributed by atoms with E-state index in [1.165, 1.54) is 97.0 Å². The summed E-state index contributed by atoms with van der Waals surface area (Å²) >= 11 is 0. The van der Waals surface area contributed by atoms with Gasteiger partial charge in [0.15, 0.2) is 11.5 Å². The largest absolute Gasteiger partial charge is 0.494 e. The fraction of sp³-hybridized carbons (Fsp3) is 0.824. The zero-order valence-corrected chi connectivity index (χ0v) is 24.7. The molecule has 0 aromatic carbocycles. The lowest BCUT2D eigenvalue weighted by Gasteiger charge is -2.43. The van der Waals surface area contributed by atoms with Gasteiger partial charge in [0.1, 0.15) is 0 Å². The SMILES string of the molecule is C=C(OC)/C(F)=C(/F)C(=C)OCC1CCC(C2CCC(C3CCC(C4CCC(CCC)CO4)CC3)CC2)CC1. The van der Waals surface area contributed by atoms with Gasteiger partial charge in [-0.15, -0.1) is 0 Å². The van der Waals surface area contributed by atoms with Crippen LogP contribution in [0.2, 0.25) is 0 Å². The van der Waals surface area contributed by atoms with Gasteiger partial charge in [-0.25, -0.2) is 0 Å². The van der Waals surface area contributed by atoms with Crippen LogP contribution in [0.5, 0.6) is 0 Å². The molecule has 0 spiro atoms. The molecule has 0 bridgehead atoms. The van der Waals surface area contributed by atoms with Crippen molar-refractivity contribution in [1.29, 1.82) is 0 Å². The molecule has 0 aromatic heterocycles. The van der Waals surface area contributed by atoms with Crippen LogP contribution < -0.4 is 0 Å². The molecule has 0 radical (unpaired) electrons. The van der Waals surface area contributed by atoms with E-state index in [2.05, 4.69) is 24.8 Å². The molecule has 3 nitrogen and oxygen atoms in total. The van der Waals surface area contributed by atoms with Crippen LogP contribution in [-0.2, 0) is 14.2 Å². The summed E-state index contributed by atoms with van der Waals surface area (Å²) in [6, 6.07) is 0. The third-order valence-electron chi connectivity index (χ3n) is 10.9. The maximum Gasteiger partial charge on any atom is 0.203 e. The summed E-state index contributed by atoms with van der Waals surface area (Å²) in [6.45, 7) is 10.6. The molecule has 4 aliphatic rings. The topological polar surface area (TPSA) is 27.7 Å². The molecule has 39 heavy (non-hydrogen) atoms. The number of rotatable bonds is 11. The number of methoxy groups -OCH3 is 1. The molecule has 0 amide bonds. The standard InChI is InChI=1S/C34H54F2O3/c1-5-6-25-9-20-32(39-22-25)31-18-16-30(17-19-31)29-14-12-28(13-15-29)27-10-7-26(8-11-27)21-38-24(3)34(36)33(35)23(2)37-4/h25-32H,2-3,5-22H2,1,4H3/b34-33-. The number of allylic oxidation sites excluding steroid dienone is 2. The molecule has 4 rings (SSSR count). The predicted molar refractivity (Wildman–Crippen MR) is 154 cm³/mol. The van der Waals surface area contributed by atoms with Gasteiger partial charge >= 0.3 is 0 Å². The van der Waals surface area contributed by atoms with E-state index in [0.717, 1.165) is 55.0 Å². The summed E-state index contributed by atoms with van der Waals surface area (Å²) in [4.78, 5) is 0. The number of halogens is 2. The molecule has 1 saturated heterocycles. The molecule has 2 unspecified atom stereocenters. The quantitative estimate of drug-likeness (QED) is 0.190. The highest BCUT2D eigenvalue weighted by Gasteiger charge is 2.37. The molecule has 1 aliphatic heterocycles. The minimum atomic E-state index is -1.14. The Labute approximate surface area is 236 Å². The van der Waals surface area contributed by atoms with Crippen molar-refractivity contribution in [1.82, 2.24) is 0 Å². The van der Waals surface area contributed by atoms with Crippen LogP contribution in [0, 0.1) is 41.4 Å². The second-order valence-corrected chi connectivity index (χ2v) is 13.2. The molecular weight excluding hydrogens is 494 g/mol. The predicted octanol–water partition coefficient (Wildman–Crippen LogP) is 9.84. The number of hydrogen-bond donors (Lipinski definition) is 0. The number of hydrogen-bond acceptors (Lipinski definition) is 3. The van der Waals surface area contributed by atoms with Gasteiger partial charge in [0.05, 0.1) is 19.8 Å². The molecule has 0 N–H and O–H groups in total. The average molecular weight is 549 g/mol. The van der Waals surface area contributed by atoms with Gasteiger partial charge < -0.3 is 14.2 Å². The first-order chi connectivity index (χ1) is 18.9. The number of ether oxygens (including phenoxy) is 3. The molecule has 222 valence electrons. The van der Waals surface area contributed by atoms with E-state index in [-0.39, 0.29) is 11.5 Å². The van der Waals surface area contributed by atoms with Crippen molar-refractivity contribution < 1.29 is 23.0 Å². The summed E-state index contributed by atoms with van der Waals surface area (Å²) < 4.78 is 44.5. The lowest BCUT2D eigenvalue weighted by atomic mass is 9.64. The van der Waals surface area contributed by atoms with Crippen molar-refractivity contribution in [2.75, 3.05) is 20.3 Å². The van der Waals surface area contributed by atoms with Gasteiger partial charge in [0.2, 0.25) is 11.7 Å². The Morgan fingerprint density at radius 3 is 1.59 bits per heavy atom. The monoisotopic (exact) mass is 548 g/mol. The third-order valence-corrected chi connectivity index (χ3v) is 10.9. The van der Waals surface area contributed by atoms with E-state index < -0.39 is 11.7 Å². The second-order valence-electron chi connectivity index (χ2n) is 13.2. The Morgan fingerprint density at radius 1 is 0.667 bits per heavy atom. The zero-order valence-electron chi connectivity index (χ0n) is 24.7. The lowest BCUT2D eigenvalue weighted by Crippen LogP contribution is -2.36. The normalized spacial score (nSPS) is 36.5. The first kappa shape index (κ1) is 30.6. The summed E-state index contributed by atoms with van der Waals surface area (Å²) in [6.07, 6.45) is 21.8. The van der Waals surface area contributed by atoms with E-state index >= 15 is 0 Å². The molecule has 4 fully saturated rings. The van der Waals surface area contributed by atoms with Crippen LogP contribution in [0.3, 0.4) is 0 Å². The summed E-state index contributed by atoms with van der Waals surface area (Å²) in [5.74, 6) is 2.70. The highest BCUT2D eigenvalue weighted by atomic mass is 19.2. The summed E-state index contributed by atoms with van der Waals surface area (Å²) in [5.41, 5.74) is 0. The fourth-order valence-electron chi connectivity index (χ4n) is 8.35. The summed E-state index contributed by atoms with van der Waals surface area (Å²) in [7, 11) is 1.25. The Bertz CT molecular complexity index is 806. The van der Waals surface area contributed by atoms with E-state index in [4.69, 9.17) is 9.47 Å². The smallest absolute Gasteiger partial charge is 0.203 e. The maximum absolute atomic E-state index is 14.1. The van der Waals surface area contributed by atoms with E-state index in [1.54, 1.807) is 0 Å². The van der Waals surface area contributed by atoms with Crippen LogP contribution in [0.25, 0.3) is 0 Å². The van der Waals surface area contributed by atoms with E-state index in [0.29, 0.717) is 18.6 Å². The molecule has 2 atom stereocenters. The van der Waals surface area contributed by atoms with Gasteiger partial charge in [-0.1, -0.05) is 26.5 Å². The van der Waals surface area contributed by atoms with E-state index in [9.17, 15) is 8.78 Å². The highest BCUT2D eigenvalue weighted by molar-refractivity contribution is 5.29. The van der Waals surface area contributed by atoms with Crippen LogP contribution in [0.1, 0.15) is 110 Å². The minimum Gasteiger partial charge on any atom is -0.494 e. The Morgan fingerprint density at radius 2 is 1.13 bits per heavy atom. The van der Waals surface area contributed by atoms with Crippen LogP contribution in [0.4, 0.5) is 8.78 Å². The Kier molecular flexibility index (Phi) is 11.8. The van der Waals surface area contributed by atoms with Crippen molar-refractivity contribution in [2.24, 2.45) is 41.4 Å². The van der Waals surface area contributed by atoms with Gasteiger partial charge in [-0.3, -0.25) is 0 Å². The Hall–Kier alpha value is -1.36. The first-order valence-electron chi connectivity index (χ1n) is 16.1. The minimum absolute atomic E-state index is 0.271. The fourth-order valence-corrected chi connectivity index (χ4v) is 8.35. The maximum atomic E-state index is 14.1. The molecule has 1 heterocycles. The van der Waals surface area contributed by atoms with Crippen LogP contribution in [-0.4, -0.2) is 26.4 Å². The average Bonchev–Trinajstić information content (AvgIpc) is 2.99. The lowest BCUT2D eigenvalue weighted by molar-refractivity contribution is -0.0620. The Balaban J connectivity index is 1.11. The van der Waals surface area contributed by atoms with Crippen molar-refractivity contribution in [3.63, 3.8) is 0 Å². The van der Waals surface area contributed by atoms with Gasteiger partial charge in [0.25, 0.3) is 0 Å². The summed E-state index contributed by atoms with van der Waals surface area (Å²) in [5, 5.41) is 0. The van der Waals surface area contributed by atoms with Crippen molar-refractivity contribution >= 4 is 0 Å². The molecule has 5 heteroatoms. The van der Waals surface area contributed by atoms with Crippen molar-refractivity contribution in [3.8, 4) is 0 Å². The molecule has 0 aromatic rings. The zero-order chi connectivity index (χ0) is 27.8. The van der Waals surface area contributed by atoms with Crippen molar-refractivity contribution in [3.05, 3.63) is 36.3 Å². The third kappa shape index (κ3) is 8.33. The van der Waals surface area contributed by atoms with Gasteiger partial charge in [-0.2, -0.15) is 8.78 Å². The second kappa shape index (κ2) is 15.0. The van der Waals surface area contributed by atoms with Crippen LogP contribution >= 0.6 is 0 Å². The van der Waals surface area contributed by atoms with Gasteiger partial charge in [0, 0.05) is 6.61 Å². The van der Waals surface area contributed by atoms with Gasteiger partial charge in [-0.05, 0) is 138 Å². The van der Waals surface area contributed by atoms with Crippen LogP contribution in [0.15, 0.2) is 36.3 Å². The molecule has 3 aliphatic carbocycles.